The molecule has 0 saturated heterocycles. The van der Waals surface area contributed by atoms with Crippen LogP contribution in [0.25, 0.3) is 0 Å². The molecule has 0 bridgehead atoms. The molecule has 1 rings (SSSR count). The molecule has 1 heterocycles. The van der Waals surface area contributed by atoms with E-state index in [1.807, 2.05) is 19.1 Å². The van der Waals surface area contributed by atoms with Gasteiger partial charge in [-0.1, -0.05) is 0 Å². The van der Waals surface area contributed by atoms with Gasteiger partial charge < -0.3 is 10.4 Å². The standard InChI is InChI=1S/C10H16N2O/c1-8(7-13)12-9(2)10-3-5-11-6-4-10/h3-6,8-9,12-13H,7H2,1-2H3/t8-,9+/m0/s1. The number of hydrogen-bond acceptors (Lipinski definition) is 3. The van der Waals surface area contributed by atoms with Crippen LogP contribution in [-0.4, -0.2) is 22.7 Å². The molecule has 0 aliphatic carbocycles. The quantitative estimate of drug-likeness (QED) is 0.729. The summed E-state index contributed by atoms with van der Waals surface area (Å²) >= 11 is 0. The van der Waals surface area contributed by atoms with Crippen LogP contribution in [0.3, 0.4) is 0 Å². The zero-order chi connectivity index (χ0) is 9.68. The third-order valence-electron chi connectivity index (χ3n) is 2.01. The van der Waals surface area contributed by atoms with E-state index < -0.39 is 0 Å². The van der Waals surface area contributed by atoms with Gasteiger partial charge in [-0.15, -0.1) is 0 Å². The van der Waals surface area contributed by atoms with E-state index >= 15 is 0 Å². The first-order valence-corrected chi connectivity index (χ1v) is 4.51. The van der Waals surface area contributed by atoms with Crippen molar-refractivity contribution < 1.29 is 5.11 Å². The molecule has 0 radical (unpaired) electrons. The minimum absolute atomic E-state index is 0.128. The van der Waals surface area contributed by atoms with Crippen LogP contribution in [0.4, 0.5) is 0 Å². The summed E-state index contributed by atoms with van der Waals surface area (Å²) in [5.74, 6) is 0. The summed E-state index contributed by atoms with van der Waals surface area (Å²) in [6, 6.07) is 4.33. The Morgan fingerprint density at radius 1 is 1.38 bits per heavy atom. The van der Waals surface area contributed by atoms with Gasteiger partial charge in [0.25, 0.3) is 0 Å². The van der Waals surface area contributed by atoms with Gasteiger partial charge in [0.2, 0.25) is 0 Å². The van der Waals surface area contributed by atoms with Crippen molar-refractivity contribution in [3.63, 3.8) is 0 Å². The maximum absolute atomic E-state index is 8.86. The van der Waals surface area contributed by atoms with Crippen LogP contribution in [-0.2, 0) is 0 Å². The van der Waals surface area contributed by atoms with Gasteiger partial charge in [-0.05, 0) is 31.5 Å². The average molecular weight is 180 g/mol. The molecule has 1 aromatic heterocycles. The number of rotatable bonds is 4. The summed E-state index contributed by atoms with van der Waals surface area (Å²) in [5, 5.41) is 12.1. The van der Waals surface area contributed by atoms with Crippen molar-refractivity contribution in [2.24, 2.45) is 0 Å². The van der Waals surface area contributed by atoms with E-state index in [-0.39, 0.29) is 18.7 Å². The number of aliphatic hydroxyl groups excluding tert-OH is 1. The summed E-state index contributed by atoms with van der Waals surface area (Å²) in [5.41, 5.74) is 1.19. The summed E-state index contributed by atoms with van der Waals surface area (Å²) in [4.78, 5) is 3.95. The van der Waals surface area contributed by atoms with E-state index in [1.54, 1.807) is 12.4 Å². The highest BCUT2D eigenvalue weighted by molar-refractivity contribution is 5.13. The van der Waals surface area contributed by atoms with Crippen LogP contribution < -0.4 is 5.32 Å². The second-order valence-corrected chi connectivity index (χ2v) is 3.25. The van der Waals surface area contributed by atoms with Gasteiger partial charge in [0.05, 0.1) is 6.61 Å². The van der Waals surface area contributed by atoms with E-state index in [2.05, 4.69) is 17.2 Å². The molecule has 13 heavy (non-hydrogen) atoms. The molecular formula is C10H16N2O. The highest BCUT2D eigenvalue weighted by Gasteiger charge is 2.07. The fourth-order valence-corrected chi connectivity index (χ4v) is 1.23. The van der Waals surface area contributed by atoms with Crippen molar-refractivity contribution >= 4 is 0 Å². The van der Waals surface area contributed by atoms with Gasteiger partial charge in [-0.3, -0.25) is 4.98 Å². The molecule has 0 fully saturated rings. The molecule has 0 saturated carbocycles. The SMILES string of the molecule is C[C@@H](CO)N[C@H](C)c1ccncc1. The molecule has 3 nitrogen and oxygen atoms in total. The van der Waals surface area contributed by atoms with Gasteiger partial charge in [0.15, 0.2) is 0 Å². The van der Waals surface area contributed by atoms with Crippen molar-refractivity contribution in [1.29, 1.82) is 0 Å². The lowest BCUT2D eigenvalue weighted by Gasteiger charge is -2.18. The van der Waals surface area contributed by atoms with Crippen molar-refractivity contribution in [2.75, 3.05) is 6.61 Å². The molecule has 0 aliphatic rings. The molecule has 0 spiro atoms. The van der Waals surface area contributed by atoms with E-state index in [0.717, 1.165) is 0 Å². The van der Waals surface area contributed by atoms with Crippen LogP contribution in [0, 0.1) is 0 Å². The Labute approximate surface area is 78.8 Å². The first-order chi connectivity index (χ1) is 6.24. The molecule has 0 amide bonds. The molecule has 3 heteroatoms. The molecular weight excluding hydrogens is 164 g/mol. The number of nitrogens with zero attached hydrogens (tertiary/aromatic N) is 1. The van der Waals surface area contributed by atoms with Crippen LogP contribution >= 0.6 is 0 Å². The summed E-state index contributed by atoms with van der Waals surface area (Å²) in [6.45, 7) is 4.19. The molecule has 0 unspecified atom stereocenters. The Bertz CT molecular complexity index is 238. The van der Waals surface area contributed by atoms with Crippen molar-refractivity contribution in [3.05, 3.63) is 30.1 Å². The van der Waals surface area contributed by atoms with Gasteiger partial charge >= 0.3 is 0 Å². The Kier molecular flexibility index (Phi) is 3.86. The number of nitrogens with one attached hydrogen (secondary N) is 1. The third-order valence-corrected chi connectivity index (χ3v) is 2.01. The lowest BCUT2D eigenvalue weighted by Crippen LogP contribution is -2.31. The van der Waals surface area contributed by atoms with Crippen LogP contribution in [0.2, 0.25) is 0 Å². The van der Waals surface area contributed by atoms with E-state index in [9.17, 15) is 0 Å². The van der Waals surface area contributed by atoms with E-state index in [0.29, 0.717) is 0 Å². The van der Waals surface area contributed by atoms with E-state index in [4.69, 9.17) is 5.11 Å². The summed E-state index contributed by atoms with van der Waals surface area (Å²) in [6.07, 6.45) is 3.55. The Hall–Kier alpha value is -0.930. The van der Waals surface area contributed by atoms with Gasteiger partial charge in [-0.25, -0.2) is 0 Å². The normalized spacial score (nSPS) is 15.3. The lowest BCUT2D eigenvalue weighted by molar-refractivity contribution is 0.243. The van der Waals surface area contributed by atoms with Crippen molar-refractivity contribution in [3.8, 4) is 0 Å². The highest BCUT2D eigenvalue weighted by Crippen LogP contribution is 2.10. The summed E-state index contributed by atoms with van der Waals surface area (Å²) < 4.78 is 0. The Morgan fingerprint density at radius 3 is 2.54 bits per heavy atom. The second kappa shape index (κ2) is 4.94. The average Bonchev–Trinajstić information content (AvgIpc) is 2.19. The zero-order valence-corrected chi connectivity index (χ0v) is 8.07. The Balaban J connectivity index is 2.53. The number of pyridine rings is 1. The predicted octanol–water partition coefficient (Wildman–Crippen LogP) is 1.11. The smallest absolute Gasteiger partial charge is 0.0582 e. The van der Waals surface area contributed by atoms with Gasteiger partial charge in [0.1, 0.15) is 0 Å². The minimum atomic E-state index is 0.128. The van der Waals surface area contributed by atoms with Crippen LogP contribution in [0.15, 0.2) is 24.5 Å². The number of hydrogen-bond donors (Lipinski definition) is 2. The fourth-order valence-electron chi connectivity index (χ4n) is 1.23. The predicted molar refractivity (Wildman–Crippen MR) is 52.3 cm³/mol. The van der Waals surface area contributed by atoms with E-state index in [1.165, 1.54) is 5.56 Å². The number of aliphatic hydroxyl groups is 1. The largest absolute Gasteiger partial charge is 0.395 e. The Morgan fingerprint density at radius 2 is 2.00 bits per heavy atom. The number of aromatic nitrogens is 1. The maximum atomic E-state index is 8.86. The van der Waals surface area contributed by atoms with Gasteiger partial charge in [0, 0.05) is 24.5 Å². The summed E-state index contributed by atoms with van der Waals surface area (Å²) in [7, 11) is 0. The van der Waals surface area contributed by atoms with Crippen molar-refractivity contribution in [2.45, 2.75) is 25.9 Å². The first-order valence-electron chi connectivity index (χ1n) is 4.51. The monoisotopic (exact) mass is 180 g/mol. The molecule has 1 aromatic rings. The van der Waals surface area contributed by atoms with Crippen LogP contribution in [0.5, 0.6) is 0 Å². The second-order valence-electron chi connectivity index (χ2n) is 3.25. The van der Waals surface area contributed by atoms with Crippen LogP contribution in [0.1, 0.15) is 25.5 Å². The highest BCUT2D eigenvalue weighted by atomic mass is 16.3. The van der Waals surface area contributed by atoms with Gasteiger partial charge in [-0.2, -0.15) is 0 Å². The molecule has 2 atom stereocenters. The lowest BCUT2D eigenvalue weighted by atomic mass is 10.1. The molecule has 0 aromatic carbocycles. The third kappa shape index (κ3) is 3.13. The molecule has 72 valence electrons. The maximum Gasteiger partial charge on any atom is 0.0582 e. The topological polar surface area (TPSA) is 45.1 Å². The first kappa shape index (κ1) is 10.2. The molecule has 2 N–H and O–H groups in total. The molecule has 0 aliphatic heterocycles. The van der Waals surface area contributed by atoms with Crippen molar-refractivity contribution in [1.82, 2.24) is 10.3 Å². The zero-order valence-electron chi connectivity index (χ0n) is 8.07. The minimum Gasteiger partial charge on any atom is -0.395 e. The fraction of sp³-hybridized carbons (Fsp3) is 0.500.